The van der Waals surface area contributed by atoms with Crippen molar-refractivity contribution in [3.05, 3.63) is 70.1 Å². The zero-order valence-electron chi connectivity index (χ0n) is 24.7. The van der Waals surface area contributed by atoms with Crippen molar-refractivity contribution in [1.29, 1.82) is 5.26 Å². The fraction of sp³-hybridized carbons (Fsp3) is 0.419. The summed E-state index contributed by atoms with van der Waals surface area (Å²) in [5.74, 6) is 0.0563. The second kappa shape index (κ2) is 11.2. The number of benzene rings is 1. The van der Waals surface area contributed by atoms with E-state index in [-0.39, 0.29) is 16.0 Å². The Bertz CT molecular complexity index is 1800. The highest BCUT2D eigenvalue weighted by atomic mass is 35.5. The second-order valence-corrected chi connectivity index (χ2v) is 13.4. The number of alkyl halides is 1. The second-order valence-electron chi connectivity index (χ2n) is 12.8. The molecule has 1 amide bonds. The third-order valence-electron chi connectivity index (χ3n) is 8.41. The van der Waals surface area contributed by atoms with E-state index in [0.29, 0.717) is 57.3 Å². The van der Waals surface area contributed by atoms with Crippen molar-refractivity contribution < 1.29 is 13.9 Å². The van der Waals surface area contributed by atoms with Crippen molar-refractivity contribution >= 4 is 51.6 Å². The summed E-state index contributed by atoms with van der Waals surface area (Å²) in [4.78, 5) is 23.7. The number of hydrogen-bond acceptors (Lipinski definition) is 8. The van der Waals surface area contributed by atoms with Crippen LogP contribution in [0, 0.1) is 35.5 Å². The Morgan fingerprint density at radius 2 is 2.07 bits per heavy atom. The molecule has 3 heterocycles. The molecular formula is C31H31Cl2FN8O2. The van der Waals surface area contributed by atoms with Crippen molar-refractivity contribution in [2.75, 3.05) is 22.8 Å². The van der Waals surface area contributed by atoms with Crippen LogP contribution in [0.15, 0.2) is 36.7 Å². The number of aromatic nitrogens is 5. The first kappa shape index (κ1) is 30.0. The quantitative estimate of drug-likeness (QED) is 0.161. The lowest BCUT2D eigenvalue weighted by Gasteiger charge is -2.61. The van der Waals surface area contributed by atoms with Gasteiger partial charge in [-0.2, -0.15) is 9.65 Å². The maximum atomic E-state index is 14.2. The number of ether oxygens (including phenoxy) is 1. The fourth-order valence-corrected chi connectivity index (χ4v) is 6.45. The molecule has 0 radical (unpaired) electrons. The van der Waals surface area contributed by atoms with Crippen molar-refractivity contribution in [3.63, 3.8) is 0 Å². The third kappa shape index (κ3) is 5.30. The molecule has 1 atom stereocenters. The Hall–Kier alpha value is -4.01. The number of nitriles is 1. The first-order valence-electron chi connectivity index (χ1n) is 14.3. The lowest BCUT2D eigenvalue weighted by Crippen LogP contribution is -2.59. The van der Waals surface area contributed by atoms with Crippen molar-refractivity contribution in [1.82, 2.24) is 25.0 Å². The van der Waals surface area contributed by atoms with E-state index >= 15 is 0 Å². The van der Waals surface area contributed by atoms with Gasteiger partial charge in [-0.1, -0.05) is 55.3 Å². The molecule has 228 valence electrons. The number of nitrogens with zero attached hydrogens (tertiary/aromatic N) is 7. The number of rotatable bonds is 8. The predicted octanol–water partition coefficient (Wildman–Crippen LogP) is 7.09. The zero-order valence-corrected chi connectivity index (χ0v) is 26.2. The van der Waals surface area contributed by atoms with Crippen LogP contribution < -0.4 is 10.2 Å². The predicted molar refractivity (Wildman–Crippen MR) is 165 cm³/mol. The molecule has 3 fully saturated rings. The number of fused-ring (bicyclic) bond motifs is 1. The number of anilines is 2. The van der Waals surface area contributed by atoms with Gasteiger partial charge in [0.2, 0.25) is 5.95 Å². The van der Waals surface area contributed by atoms with Gasteiger partial charge >= 0.3 is 6.09 Å². The largest absolute Gasteiger partial charge is 0.433 e. The van der Waals surface area contributed by atoms with E-state index in [1.165, 1.54) is 17.2 Å². The molecule has 0 aliphatic heterocycles. The monoisotopic (exact) mass is 636 g/mol. The number of hydrogen-bond donors (Lipinski definition) is 1. The molecule has 0 saturated heterocycles. The van der Waals surface area contributed by atoms with Crippen LogP contribution in [0.1, 0.15) is 68.6 Å². The molecule has 1 N–H and O–H groups in total. The Morgan fingerprint density at radius 1 is 1.32 bits per heavy atom. The highest BCUT2D eigenvalue weighted by Gasteiger charge is 2.59. The molecule has 3 aromatic heterocycles. The summed E-state index contributed by atoms with van der Waals surface area (Å²) in [5.41, 5.74) is 2.75. The maximum absolute atomic E-state index is 14.2. The molecule has 3 saturated carbocycles. The normalized spacial score (nSPS) is 19.5. The Balaban J connectivity index is 1.56. The van der Waals surface area contributed by atoms with E-state index in [4.69, 9.17) is 27.9 Å². The van der Waals surface area contributed by atoms with Gasteiger partial charge in [-0.05, 0) is 55.7 Å². The molecule has 0 spiro atoms. The minimum absolute atomic E-state index is 0.0583. The van der Waals surface area contributed by atoms with E-state index in [1.54, 1.807) is 25.1 Å². The Labute approximate surface area is 264 Å². The average Bonchev–Trinajstić information content (AvgIpc) is 3.37. The minimum atomic E-state index is -0.938. The highest BCUT2D eigenvalue weighted by Crippen LogP contribution is 2.62. The Kier molecular flexibility index (Phi) is 7.62. The standard InChI is InChI=1S/C31H31Cl2FN8O2/c1-17-21(5-6-25(34)38-17)28(24-14-41(40-39-24)31-9-18(10-31)11-31)42(29(43)44-16-32)20-7-22-26(37-15-30(2,3)4)19(12-35)13-36-27(22)23(33)8-20/h5-8,13-14,18,28H,9-11,15-16H2,1-4H3,(H,36,37). The number of carbonyl (C=O) groups excluding carboxylic acids is 1. The minimum Gasteiger partial charge on any atom is -0.433 e. The lowest BCUT2D eigenvalue weighted by molar-refractivity contribution is -0.0989. The van der Waals surface area contributed by atoms with Gasteiger partial charge in [0.25, 0.3) is 0 Å². The molecule has 4 aromatic rings. The van der Waals surface area contributed by atoms with Crippen LogP contribution in [-0.4, -0.2) is 43.7 Å². The smallest absolute Gasteiger partial charge is 0.416 e. The molecule has 2 bridgehead atoms. The molecular weight excluding hydrogens is 606 g/mol. The van der Waals surface area contributed by atoms with Gasteiger partial charge in [0.1, 0.15) is 17.8 Å². The van der Waals surface area contributed by atoms with E-state index in [0.717, 1.165) is 19.3 Å². The Morgan fingerprint density at radius 3 is 2.68 bits per heavy atom. The first-order chi connectivity index (χ1) is 20.9. The van der Waals surface area contributed by atoms with Gasteiger partial charge in [-0.3, -0.25) is 9.88 Å². The van der Waals surface area contributed by atoms with E-state index in [1.807, 2.05) is 10.9 Å². The van der Waals surface area contributed by atoms with Gasteiger partial charge in [-0.25, -0.2) is 14.5 Å². The van der Waals surface area contributed by atoms with Crippen molar-refractivity contribution in [3.8, 4) is 6.07 Å². The maximum Gasteiger partial charge on any atom is 0.416 e. The van der Waals surface area contributed by atoms with Gasteiger partial charge in [-0.15, -0.1) is 5.10 Å². The third-order valence-corrected chi connectivity index (χ3v) is 8.80. The number of nitrogens with one attached hydrogen (secondary N) is 1. The van der Waals surface area contributed by atoms with Crippen LogP contribution in [0.25, 0.3) is 10.9 Å². The summed E-state index contributed by atoms with van der Waals surface area (Å²) in [6.07, 6.45) is 5.62. The molecule has 3 aliphatic carbocycles. The topological polar surface area (TPSA) is 122 Å². The van der Waals surface area contributed by atoms with E-state index < -0.39 is 24.1 Å². The number of amides is 1. The van der Waals surface area contributed by atoms with Crippen LogP contribution >= 0.6 is 23.2 Å². The highest BCUT2D eigenvalue weighted by molar-refractivity contribution is 6.36. The molecule has 10 nitrogen and oxygen atoms in total. The number of halogens is 3. The van der Waals surface area contributed by atoms with E-state index in [2.05, 4.69) is 52.4 Å². The van der Waals surface area contributed by atoms with Crippen molar-refractivity contribution in [2.45, 2.75) is 58.5 Å². The molecule has 1 aromatic carbocycles. The summed E-state index contributed by atoms with van der Waals surface area (Å²) >= 11 is 12.7. The van der Waals surface area contributed by atoms with Crippen LogP contribution in [0.4, 0.5) is 20.6 Å². The van der Waals surface area contributed by atoms with Crippen molar-refractivity contribution in [2.24, 2.45) is 11.3 Å². The van der Waals surface area contributed by atoms with Gasteiger partial charge in [0.15, 0.2) is 6.07 Å². The van der Waals surface area contributed by atoms with E-state index in [9.17, 15) is 14.4 Å². The summed E-state index contributed by atoms with van der Waals surface area (Å²) in [5, 5.41) is 23.1. The number of aryl methyl sites for hydroxylation is 1. The molecule has 1 unspecified atom stereocenters. The summed E-state index contributed by atoms with van der Waals surface area (Å²) in [6, 6.07) is 6.96. The zero-order chi connectivity index (χ0) is 31.4. The summed E-state index contributed by atoms with van der Waals surface area (Å²) in [7, 11) is 0. The first-order valence-corrected chi connectivity index (χ1v) is 15.2. The van der Waals surface area contributed by atoms with Gasteiger partial charge in [0.05, 0.1) is 39.2 Å². The average molecular weight is 638 g/mol. The van der Waals surface area contributed by atoms with Gasteiger partial charge < -0.3 is 10.1 Å². The van der Waals surface area contributed by atoms with Crippen LogP contribution in [-0.2, 0) is 10.3 Å². The number of carbonyl (C=O) groups is 1. The molecule has 13 heteroatoms. The lowest BCUT2D eigenvalue weighted by atomic mass is 9.50. The van der Waals surface area contributed by atoms with Crippen LogP contribution in [0.2, 0.25) is 5.02 Å². The molecule has 3 aliphatic rings. The molecule has 44 heavy (non-hydrogen) atoms. The fourth-order valence-electron chi connectivity index (χ4n) is 6.10. The SMILES string of the molecule is Cc1nc(F)ccc1C(c1cn(C23CC(C2)C3)nn1)N(C(=O)OCCl)c1cc(Cl)c2ncc(C#N)c(NCC(C)(C)C)c2c1. The molecule has 7 rings (SSSR count). The summed E-state index contributed by atoms with van der Waals surface area (Å²) < 4.78 is 21.4. The number of pyridine rings is 2. The van der Waals surface area contributed by atoms with Crippen LogP contribution in [0.5, 0.6) is 0 Å². The van der Waals surface area contributed by atoms with Gasteiger partial charge in [0, 0.05) is 29.4 Å². The summed E-state index contributed by atoms with van der Waals surface area (Å²) in [6.45, 7) is 8.42. The van der Waals surface area contributed by atoms with Crippen LogP contribution in [0.3, 0.4) is 0 Å².